The van der Waals surface area contributed by atoms with Gasteiger partial charge in [0, 0.05) is 7.11 Å². The second-order valence-electron chi connectivity index (χ2n) is 3.30. The molecule has 1 rings (SSSR count). The van der Waals surface area contributed by atoms with Gasteiger partial charge in [0.1, 0.15) is 5.75 Å². The fourth-order valence-electron chi connectivity index (χ4n) is 1.42. The molecule has 0 aliphatic heterocycles. The quantitative estimate of drug-likeness (QED) is 0.772. The highest BCUT2D eigenvalue weighted by atomic mass is 16.7. The maximum Gasteiger partial charge on any atom is 0.335 e. The van der Waals surface area contributed by atoms with E-state index in [1.54, 1.807) is 12.1 Å². The minimum atomic E-state index is -0.931. The molecule has 0 saturated carbocycles. The number of methoxy groups -OCH3 is 1. The van der Waals surface area contributed by atoms with E-state index in [-0.39, 0.29) is 12.4 Å². The van der Waals surface area contributed by atoms with Crippen molar-refractivity contribution in [2.24, 2.45) is 0 Å². The number of carbonyl (C=O) groups is 1. The number of hydrogen-bond acceptors (Lipinski definition) is 3. The van der Waals surface area contributed by atoms with Gasteiger partial charge in [-0.05, 0) is 37.1 Å². The van der Waals surface area contributed by atoms with E-state index < -0.39 is 5.97 Å². The van der Waals surface area contributed by atoms with E-state index in [2.05, 4.69) is 0 Å². The summed E-state index contributed by atoms with van der Waals surface area (Å²) in [6.07, 6.45) is 0. The number of ether oxygens (including phenoxy) is 2. The number of carboxylic acids is 1. The zero-order chi connectivity index (χ0) is 11.4. The zero-order valence-electron chi connectivity index (χ0n) is 9.03. The maximum atomic E-state index is 10.8. The highest BCUT2D eigenvalue weighted by molar-refractivity contribution is 5.88. The van der Waals surface area contributed by atoms with Crippen molar-refractivity contribution in [3.8, 4) is 5.75 Å². The number of carboxylic acid groups (broad SMARTS) is 1. The van der Waals surface area contributed by atoms with Crippen LogP contribution < -0.4 is 4.74 Å². The summed E-state index contributed by atoms with van der Waals surface area (Å²) in [6.45, 7) is 3.78. The zero-order valence-corrected chi connectivity index (χ0v) is 9.03. The van der Waals surface area contributed by atoms with Crippen molar-refractivity contribution in [2.45, 2.75) is 13.8 Å². The molecule has 0 spiro atoms. The molecule has 1 aromatic rings. The molecule has 1 N–H and O–H groups in total. The summed E-state index contributed by atoms with van der Waals surface area (Å²) in [5.74, 6) is -0.249. The van der Waals surface area contributed by atoms with Crippen LogP contribution in [0.4, 0.5) is 0 Å². The monoisotopic (exact) mass is 210 g/mol. The van der Waals surface area contributed by atoms with Crippen LogP contribution in [0.3, 0.4) is 0 Å². The number of benzene rings is 1. The van der Waals surface area contributed by atoms with E-state index in [1.165, 1.54) is 7.11 Å². The van der Waals surface area contributed by atoms with Crippen LogP contribution in [-0.4, -0.2) is 25.0 Å². The lowest BCUT2D eigenvalue weighted by molar-refractivity contribution is 0.0501. The molecule has 0 radical (unpaired) electrons. The van der Waals surface area contributed by atoms with Gasteiger partial charge >= 0.3 is 5.97 Å². The summed E-state index contributed by atoms with van der Waals surface area (Å²) >= 11 is 0. The molecule has 0 fully saturated rings. The fourth-order valence-corrected chi connectivity index (χ4v) is 1.42. The highest BCUT2D eigenvalue weighted by Crippen LogP contribution is 2.24. The molecule has 0 aliphatic carbocycles. The molecule has 4 heteroatoms. The lowest BCUT2D eigenvalue weighted by Gasteiger charge is -2.11. The van der Waals surface area contributed by atoms with Crippen LogP contribution in [0.2, 0.25) is 0 Å². The number of aryl methyl sites for hydroxylation is 2. The van der Waals surface area contributed by atoms with Crippen LogP contribution in [0.25, 0.3) is 0 Å². The first kappa shape index (κ1) is 11.5. The topological polar surface area (TPSA) is 55.8 Å². The molecule has 15 heavy (non-hydrogen) atoms. The van der Waals surface area contributed by atoms with Gasteiger partial charge in [-0.15, -0.1) is 0 Å². The Hall–Kier alpha value is -1.55. The molecule has 0 unspecified atom stereocenters. The van der Waals surface area contributed by atoms with E-state index in [9.17, 15) is 4.79 Å². The van der Waals surface area contributed by atoms with Crippen molar-refractivity contribution in [3.05, 3.63) is 28.8 Å². The van der Waals surface area contributed by atoms with Crippen molar-refractivity contribution in [1.29, 1.82) is 0 Å². The van der Waals surface area contributed by atoms with Gasteiger partial charge in [-0.3, -0.25) is 0 Å². The summed E-state index contributed by atoms with van der Waals surface area (Å²) < 4.78 is 10.1. The second kappa shape index (κ2) is 4.79. The van der Waals surface area contributed by atoms with Crippen LogP contribution in [0, 0.1) is 13.8 Å². The van der Waals surface area contributed by atoms with E-state index in [1.807, 2.05) is 13.8 Å². The van der Waals surface area contributed by atoms with Gasteiger partial charge in [-0.2, -0.15) is 0 Å². The molecule has 4 nitrogen and oxygen atoms in total. The Balaban J connectivity index is 3.04. The molecule has 0 atom stereocenters. The predicted molar refractivity (Wildman–Crippen MR) is 55.4 cm³/mol. The maximum absolute atomic E-state index is 10.8. The van der Waals surface area contributed by atoms with Gasteiger partial charge in [0.25, 0.3) is 0 Å². The highest BCUT2D eigenvalue weighted by Gasteiger charge is 2.10. The van der Waals surface area contributed by atoms with E-state index in [0.29, 0.717) is 5.75 Å². The standard InChI is InChI=1S/C11H14O4/c1-7-4-9(11(12)13)5-8(2)10(7)15-6-14-3/h4-5H,6H2,1-3H3,(H,12,13). The fraction of sp³-hybridized carbons (Fsp3) is 0.364. The van der Waals surface area contributed by atoms with Crippen molar-refractivity contribution in [1.82, 2.24) is 0 Å². The summed E-state index contributed by atoms with van der Waals surface area (Å²) in [5.41, 5.74) is 1.86. The van der Waals surface area contributed by atoms with Gasteiger partial charge in [-0.1, -0.05) is 0 Å². The third-order valence-corrected chi connectivity index (χ3v) is 2.03. The molecule has 0 bridgehead atoms. The Labute approximate surface area is 88.4 Å². The number of hydrogen-bond donors (Lipinski definition) is 1. The number of rotatable bonds is 4. The molecule has 0 aromatic heterocycles. The van der Waals surface area contributed by atoms with Gasteiger partial charge in [-0.25, -0.2) is 4.79 Å². The van der Waals surface area contributed by atoms with Crippen LogP contribution in [-0.2, 0) is 4.74 Å². The molecule has 0 aliphatic rings. The van der Waals surface area contributed by atoms with Crippen molar-refractivity contribution >= 4 is 5.97 Å². The predicted octanol–water partition coefficient (Wildman–Crippen LogP) is 1.98. The first-order valence-corrected chi connectivity index (χ1v) is 4.52. The summed E-state index contributed by atoms with van der Waals surface area (Å²) in [4.78, 5) is 10.8. The van der Waals surface area contributed by atoms with Gasteiger partial charge in [0.2, 0.25) is 0 Å². The molecular formula is C11H14O4. The van der Waals surface area contributed by atoms with Crippen molar-refractivity contribution in [2.75, 3.05) is 13.9 Å². The first-order chi connectivity index (χ1) is 7.06. The molecule has 82 valence electrons. The van der Waals surface area contributed by atoms with Gasteiger partial charge in [0.15, 0.2) is 6.79 Å². The van der Waals surface area contributed by atoms with Crippen LogP contribution in [0.1, 0.15) is 21.5 Å². The van der Waals surface area contributed by atoms with Gasteiger partial charge in [0.05, 0.1) is 5.56 Å². The smallest absolute Gasteiger partial charge is 0.335 e. The van der Waals surface area contributed by atoms with Crippen molar-refractivity contribution in [3.63, 3.8) is 0 Å². The third-order valence-electron chi connectivity index (χ3n) is 2.03. The first-order valence-electron chi connectivity index (χ1n) is 4.52. The summed E-state index contributed by atoms with van der Waals surface area (Å²) in [7, 11) is 1.54. The van der Waals surface area contributed by atoms with Crippen LogP contribution >= 0.6 is 0 Å². The average molecular weight is 210 g/mol. The van der Waals surface area contributed by atoms with Gasteiger partial charge < -0.3 is 14.6 Å². The Morgan fingerprint density at radius 1 is 1.33 bits per heavy atom. The largest absolute Gasteiger partial charge is 0.478 e. The second-order valence-corrected chi connectivity index (χ2v) is 3.30. The Kier molecular flexibility index (Phi) is 3.68. The summed E-state index contributed by atoms with van der Waals surface area (Å²) in [5, 5.41) is 8.84. The minimum Gasteiger partial charge on any atom is -0.478 e. The Bertz CT molecular complexity index is 348. The normalized spacial score (nSPS) is 10.1. The Morgan fingerprint density at radius 3 is 2.27 bits per heavy atom. The summed E-state index contributed by atoms with van der Waals surface area (Å²) in [6, 6.07) is 3.17. The molecule has 0 saturated heterocycles. The van der Waals surface area contributed by atoms with E-state index >= 15 is 0 Å². The van der Waals surface area contributed by atoms with Crippen molar-refractivity contribution < 1.29 is 19.4 Å². The minimum absolute atomic E-state index is 0.161. The molecular weight excluding hydrogens is 196 g/mol. The number of aromatic carboxylic acids is 1. The SMILES string of the molecule is COCOc1c(C)cc(C(=O)O)cc1C. The van der Waals surface area contributed by atoms with E-state index in [0.717, 1.165) is 11.1 Å². The molecule has 1 aromatic carbocycles. The van der Waals surface area contributed by atoms with Crippen LogP contribution in [0.5, 0.6) is 5.75 Å². The van der Waals surface area contributed by atoms with Crippen LogP contribution in [0.15, 0.2) is 12.1 Å². The Morgan fingerprint density at radius 2 is 1.87 bits per heavy atom. The third kappa shape index (κ3) is 2.70. The molecule has 0 amide bonds. The average Bonchev–Trinajstić information content (AvgIpc) is 2.16. The molecule has 0 heterocycles. The lowest BCUT2D eigenvalue weighted by Crippen LogP contribution is -2.04. The van der Waals surface area contributed by atoms with E-state index in [4.69, 9.17) is 14.6 Å². The lowest BCUT2D eigenvalue weighted by atomic mass is 10.1.